The Hall–Kier alpha value is -1.09. The molecule has 1 saturated carbocycles. The molecule has 0 N–H and O–H groups in total. The Morgan fingerprint density at radius 3 is 2.60 bits per heavy atom. The molecule has 1 aliphatic rings. The molecule has 0 aliphatic heterocycles. The molecule has 0 radical (unpaired) electrons. The summed E-state index contributed by atoms with van der Waals surface area (Å²) in [7, 11) is 0. The molecule has 0 bridgehead atoms. The molecule has 0 saturated heterocycles. The van der Waals surface area contributed by atoms with Gasteiger partial charge in [-0.2, -0.15) is 0 Å². The summed E-state index contributed by atoms with van der Waals surface area (Å²) in [5, 5.41) is 1.12. The van der Waals surface area contributed by atoms with Crippen LogP contribution in [0.2, 0.25) is 0 Å². The maximum atomic E-state index is 5.78. The number of nitrogens with zero attached hydrogens (tertiary/aromatic N) is 1. The third kappa shape index (κ3) is 3.14. The van der Waals surface area contributed by atoms with Crippen molar-refractivity contribution in [1.29, 1.82) is 0 Å². The predicted molar refractivity (Wildman–Crippen MR) is 88.1 cm³/mol. The van der Waals surface area contributed by atoms with Crippen LogP contribution in [0.4, 0.5) is 0 Å². The van der Waals surface area contributed by atoms with Crippen LogP contribution in [-0.2, 0) is 0 Å². The van der Waals surface area contributed by atoms with E-state index in [-0.39, 0.29) is 0 Å². The lowest BCUT2D eigenvalue weighted by atomic mass is 9.97. The number of hydrogen-bond donors (Lipinski definition) is 0. The summed E-state index contributed by atoms with van der Waals surface area (Å²) in [6.07, 6.45) is 5.40. The third-order valence-corrected chi connectivity index (χ3v) is 4.63. The van der Waals surface area contributed by atoms with Crippen LogP contribution in [0.25, 0.3) is 10.2 Å². The smallest absolute Gasteiger partial charge is 0.146 e. The minimum Gasteiger partial charge on any atom is -0.492 e. The van der Waals surface area contributed by atoms with E-state index < -0.39 is 0 Å². The van der Waals surface area contributed by atoms with Crippen LogP contribution < -0.4 is 4.74 Å². The molecule has 110 valence electrons. The van der Waals surface area contributed by atoms with Gasteiger partial charge in [0, 0.05) is 0 Å². The number of hydrogen-bond acceptors (Lipinski definition) is 3. The first-order chi connectivity index (χ1) is 9.78. The van der Waals surface area contributed by atoms with Crippen LogP contribution in [-0.4, -0.2) is 11.6 Å². The average molecular weight is 291 g/mol. The summed E-state index contributed by atoms with van der Waals surface area (Å²) in [5.74, 6) is 1.71. The summed E-state index contributed by atoms with van der Waals surface area (Å²) < 4.78 is 7.05. The van der Waals surface area contributed by atoms with Gasteiger partial charge in [0.25, 0.3) is 0 Å². The van der Waals surface area contributed by atoms with Crippen LogP contribution in [0.5, 0.6) is 5.75 Å². The predicted octanol–water partition coefficient (Wildman–Crippen LogP) is 5.69. The topological polar surface area (TPSA) is 22.1 Å². The lowest BCUT2D eigenvalue weighted by Crippen LogP contribution is -1.97. The molecule has 3 rings (SSSR count). The molecule has 2 nitrogen and oxygen atoms in total. The van der Waals surface area contributed by atoms with Gasteiger partial charge < -0.3 is 4.74 Å². The minimum atomic E-state index is 0.708. The van der Waals surface area contributed by atoms with Crippen molar-refractivity contribution in [2.24, 2.45) is 0 Å². The molecule has 0 amide bonds. The zero-order valence-corrected chi connectivity index (χ0v) is 13.8. The standard InChI is InChI=1S/C15H19NOS.C2H6/c1-3-17-13-8-12(11-6-4-5-7-11)9-14-15(13)16-10(2)18-14;1-2/h8-9,11H,3-7H2,1-2H3;1-2H3. The second-order valence-corrected chi connectivity index (χ2v) is 6.25. The van der Waals surface area contributed by atoms with E-state index in [2.05, 4.69) is 24.0 Å². The molecule has 1 aromatic heterocycles. The maximum Gasteiger partial charge on any atom is 0.146 e. The number of benzene rings is 1. The van der Waals surface area contributed by atoms with E-state index in [0.29, 0.717) is 6.61 Å². The van der Waals surface area contributed by atoms with Crippen molar-refractivity contribution in [3.8, 4) is 5.75 Å². The summed E-state index contributed by atoms with van der Waals surface area (Å²) >= 11 is 1.77. The number of ether oxygens (including phenoxy) is 1. The molecule has 1 fully saturated rings. The molecule has 2 aromatic rings. The van der Waals surface area contributed by atoms with Crippen molar-refractivity contribution >= 4 is 21.6 Å². The van der Waals surface area contributed by atoms with Gasteiger partial charge >= 0.3 is 0 Å². The number of aromatic nitrogens is 1. The van der Waals surface area contributed by atoms with Gasteiger partial charge in [-0.15, -0.1) is 11.3 Å². The Kier molecular flexibility index (Phi) is 5.41. The Bertz CT molecular complexity index is 555. The molecular formula is C17H25NOS. The summed E-state index contributed by atoms with van der Waals surface area (Å²) in [6.45, 7) is 8.81. The van der Waals surface area contributed by atoms with Crippen LogP contribution in [0, 0.1) is 6.92 Å². The number of rotatable bonds is 3. The Labute approximate surface area is 126 Å². The zero-order chi connectivity index (χ0) is 14.5. The van der Waals surface area contributed by atoms with E-state index in [0.717, 1.165) is 22.2 Å². The van der Waals surface area contributed by atoms with E-state index in [4.69, 9.17) is 4.74 Å². The molecule has 1 aliphatic carbocycles. The quantitative estimate of drug-likeness (QED) is 0.725. The summed E-state index contributed by atoms with van der Waals surface area (Å²) in [6, 6.07) is 4.56. The second-order valence-electron chi connectivity index (χ2n) is 5.01. The molecule has 20 heavy (non-hydrogen) atoms. The largest absolute Gasteiger partial charge is 0.492 e. The molecule has 1 aromatic carbocycles. The Morgan fingerprint density at radius 1 is 1.25 bits per heavy atom. The van der Waals surface area contributed by atoms with Crippen molar-refractivity contribution in [1.82, 2.24) is 4.98 Å². The molecule has 1 heterocycles. The SMILES string of the molecule is CC.CCOc1cc(C2CCCC2)cc2sc(C)nc12. The van der Waals surface area contributed by atoms with Gasteiger partial charge in [0.2, 0.25) is 0 Å². The number of thiazole rings is 1. The van der Waals surface area contributed by atoms with Gasteiger partial charge in [-0.1, -0.05) is 26.7 Å². The fraction of sp³-hybridized carbons (Fsp3) is 0.588. The highest BCUT2D eigenvalue weighted by molar-refractivity contribution is 7.18. The van der Waals surface area contributed by atoms with Gasteiger partial charge in [0.1, 0.15) is 11.3 Å². The van der Waals surface area contributed by atoms with E-state index in [1.54, 1.807) is 11.3 Å². The minimum absolute atomic E-state index is 0.708. The molecular weight excluding hydrogens is 266 g/mol. The van der Waals surface area contributed by atoms with Crippen LogP contribution in [0.1, 0.15) is 62.9 Å². The van der Waals surface area contributed by atoms with Crippen molar-refractivity contribution in [2.75, 3.05) is 6.61 Å². The second kappa shape index (κ2) is 7.07. The first kappa shape index (κ1) is 15.3. The monoisotopic (exact) mass is 291 g/mol. The Balaban J connectivity index is 0.000000704. The van der Waals surface area contributed by atoms with Gasteiger partial charge in [-0.25, -0.2) is 4.98 Å². The van der Waals surface area contributed by atoms with E-state index in [1.807, 2.05) is 20.8 Å². The van der Waals surface area contributed by atoms with Gasteiger partial charge in [-0.05, 0) is 50.3 Å². The van der Waals surface area contributed by atoms with E-state index in [9.17, 15) is 0 Å². The highest BCUT2D eigenvalue weighted by atomic mass is 32.1. The summed E-state index contributed by atoms with van der Waals surface area (Å²) in [5.41, 5.74) is 2.49. The van der Waals surface area contributed by atoms with Crippen LogP contribution in [0.3, 0.4) is 0 Å². The van der Waals surface area contributed by atoms with Crippen molar-refractivity contribution in [3.63, 3.8) is 0 Å². The fourth-order valence-corrected chi connectivity index (χ4v) is 3.78. The van der Waals surface area contributed by atoms with Crippen LogP contribution >= 0.6 is 11.3 Å². The van der Waals surface area contributed by atoms with Gasteiger partial charge in [-0.3, -0.25) is 0 Å². The molecule has 0 atom stereocenters. The maximum absolute atomic E-state index is 5.78. The van der Waals surface area contributed by atoms with Crippen molar-refractivity contribution in [2.45, 2.75) is 59.3 Å². The highest BCUT2D eigenvalue weighted by Gasteiger charge is 2.19. The normalized spacial score (nSPS) is 15.2. The van der Waals surface area contributed by atoms with Gasteiger partial charge in [0.05, 0.1) is 16.3 Å². The lowest BCUT2D eigenvalue weighted by Gasteiger charge is -2.12. The number of fused-ring (bicyclic) bond motifs is 1. The Morgan fingerprint density at radius 2 is 1.95 bits per heavy atom. The number of aryl methyl sites for hydroxylation is 1. The molecule has 3 heteroatoms. The molecule has 0 unspecified atom stereocenters. The van der Waals surface area contributed by atoms with E-state index in [1.165, 1.54) is 35.9 Å². The van der Waals surface area contributed by atoms with Crippen molar-refractivity contribution < 1.29 is 4.74 Å². The summed E-state index contributed by atoms with van der Waals surface area (Å²) in [4.78, 5) is 4.59. The lowest BCUT2D eigenvalue weighted by molar-refractivity contribution is 0.343. The van der Waals surface area contributed by atoms with E-state index >= 15 is 0 Å². The molecule has 0 spiro atoms. The van der Waals surface area contributed by atoms with Crippen LogP contribution in [0.15, 0.2) is 12.1 Å². The third-order valence-electron chi connectivity index (χ3n) is 3.72. The fourth-order valence-electron chi connectivity index (χ4n) is 2.89. The van der Waals surface area contributed by atoms with Crippen molar-refractivity contribution in [3.05, 3.63) is 22.7 Å². The zero-order valence-electron chi connectivity index (χ0n) is 13.0. The first-order valence-corrected chi connectivity index (χ1v) is 8.63. The first-order valence-electron chi connectivity index (χ1n) is 7.82. The van der Waals surface area contributed by atoms with Gasteiger partial charge in [0.15, 0.2) is 0 Å². The highest BCUT2D eigenvalue weighted by Crippen LogP contribution is 2.39. The average Bonchev–Trinajstić information content (AvgIpc) is 3.09.